The van der Waals surface area contributed by atoms with Crippen LogP contribution in [0.25, 0.3) is 0 Å². The molecule has 2 aromatic rings. The fourth-order valence-electron chi connectivity index (χ4n) is 1.73. The monoisotopic (exact) mass is 289 g/mol. The molecule has 5 nitrogen and oxygen atoms in total. The van der Waals surface area contributed by atoms with Crippen LogP contribution in [0.5, 0.6) is 0 Å². The van der Waals surface area contributed by atoms with E-state index in [1.54, 1.807) is 24.3 Å². The molecule has 0 spiro atoms. The summed E-state index contributed by atoms with van der Waals surface area (Å²) in [5, 5.41) is 8.68. The van der Waals surface area contributed by atoms with Crippen LogP contribution in [-0.2, 0) is 16.6 Å². The van der Waals surface area contributed by atoms with Crippen molar-refractivity contribution < 1.29 is 12.8 Å². The summed E-state index contributed by atoms with van der Waals surface area (Å²) >= 11 is 0. The minimum Gasteiger partial charge on any atom is -0.468 e. The lowest BCUT2D eigenvalue weighted by molar-refractivity contribution is 0.368. The Balaban J connectivity index is 2.28. The van der Waals surface area contributed by atoms with Crippen molar-refractivity contribution in [3.8, 4) is 6.07 Å². The average Bonchev–Trinajstić information content (AvgIpc) is 2.97. The highest BCUT2D eigenvalue weighted by molar-refractivity contribution is 7.89. The van der Waals surface area contributed by atoms with Crippen molar-refractivity contribution in [2.45, 2.75) is 17.9 Å². The summed E-state index contributed by atoms with van der Waals surface area (Å²) in [7, 11) is -3.65. The Morgan fingerprint density at radius 1 is 1.30 bits per heavy atom. The van der Waals surface area contributed by atoms with E-state index in [2.05, 4.69) is 6.07 Å². The summed E-state index contributed by atoms with van der Waals surface area (Å²) in [4.78, 5) is 0.181. The first kappa shape index (κ1) is 14.3. The van der Waals surface area contributed by atoms with Crippen molar-refractivity contribution in [1.29, 1.82) is 5.26 Å². The molecule has 0 aliphatic carbocycles. The Morgan fingerprint density at radius 3 is 2.65 bits per heavy atom. The summed E-state index contributed by atoms with van der Waals surface area (Å²) in [6.45, 7) is 0.230. The molecule has 6 heteroatoms. The van der Waals surface area contributed by atoms with Crippen LogP contribution < -0.4 is 0 Å². The zero-order valence-electron chi connectivity index (χ0n) is 10.7. The van der Waals surface area contributed by atoms with Gasteiger partial charge in [-0.1, -0.05) is 12.1 Å². The third-order valence-electron chi connectivity index (χ3n) is 2.71. The number of rotatable bonds is 6. The molecule has 2 rings (SSSR count). The first-order valence-corrected chi connectivity index (χ1v) is 7.44. The zero-order chi connectivity index (χ0) is 14.4. The summed E-state index contributed by atoms with van der Waals surface area (Å²) < 4.78 is 31.5. The Hall–Kier alpha value is -2.10. The maximum Gasteiger partial charge on any atom is 0.243 e. The van der Waals surface area contributed by atoms with Crippen LogP contribution in [0.2, 0.25) is 0 Å². The molecule has 20 heavy (non-hydrogen) atoms. The highest BCUT2D eigenvalue weighted by atomic mass is 32.2. The Kier molecular flexibility index (Phi) is 4.56. The molecule has 1 aromatic heterocycles. The molecule has 0 bridgehead atoms. The lowest BCUT2D eigenvalue weighted by Gasteiger charge is -2.20. The van der Waals surface area contributed by atoms with Crippen LogP contribution in [0, 0.1) is 17.4 Å². The van der Waals surface area contributed by atoms with Crippen molar-refractivity contribution in [1.82, 2.24) is 4.31 Å². The normalized spacial score (nSPS) is 11.4. The van der Waals surface area contributed by atoms with Gasteiger partial charge in [-0.05, 0) is 30.3 Å². The molecule has 0 N–H and O–H groups in total. The van der Waals surface area contributed by atoms with Gasteiger partial charge in [0.05, 0.1) is 23.8 Å². The number of nitrogens with zero attached hydrogens (tertiary/aromatic N) is 2. The highest BCUT2D eigenvalue weighted by Crippen LogP contribution is 2.18. The van der Waals surface area contributed by atoms with Crippen molar-refractivity contribution in [3.05, 3.63) is 54.5 Å². The smallest absolute Gasteiger partial charge is 0.243 e. The van der Waals surface area contributed by atoms with E-state index < -0.39 is 10.0 Å². The van der Waals surface area contributed by atoms with E-state index >= 15 is 0 Å². The predicted molar refractivity (Wildman–Crippen MR) is 71.8 cm³/mol. The average molecular weight is 289 g/mol. The molecule has 1 heterocycles. The maximum absolute atomic E-state index is 12.5. The third kappa shape index (κ3) is 3.26. The van der Waals surface area contributed by atoms with E-state index in [1.165, 1.54) is 22.7 Å². The first-order valence-electron chi connectivity index (χ1n) is 6.00. The lowest BCUT2D eigenvalue weighted by Crippen LogP contribution is -2.31. The van der Waals surface area contributed by atoms with Crippen molar-refractivity contribution in [3.63, 3.8) is 0 Å². The molecule has 0 fully saturated rings. The van der Waals surface area contributed by atoms with E-state index in [9.17, 15) is 8.42 Å². The number of sulfonamides is 1. The van der Waals surface area contributed by atoms with Gasteiger partial charge < -0.3 is 4.42 Å². The van der Waals surface area contributed by atoms with Gasteiger partial charge in [0, 0.05) is 13.0 Å². The third-order valence-corrected chi connectivity index (χ3v) is 4.57. The molecule has 1 radical (unpaired) electrons. The molecule has 0 saturated heterocycles. The van der Waals surface area contributed by atoms with E-state index in [4.69, 9.17) is 9.68 Å². The van der Waals surface area contributed by atoms with Gasteiger partial charge in [-0.15, -0.1) is 0 Å². The molecule has 0 amide bonds. The van der Waals surface area contributed by atoms with Gasteiger partial charge in [0.25, 0.3) is 0 Å². The Bertz CT molecular complexity index is 673. The van der Waals surface area contributed by atoms with Crippen LogP contribution in [0.1, 0.15) is 12.2 Å². The Labute approximate surface area is 118 Å². The number of hydrogen-bond donors (Lipinski definition) is 0. The zero-order valence-corrected chi connectivity index (χ0v) is 11.5. The molecule has 103 valence electrons. The number of furan rings is 1. The number of hydrogen-bond acceptors (Lipinski definition) is 4. The van der Waals surface area contributed by atoms with Crippen LogP contribution in [0.15, 0.2) is 52.0 Å². The second-order valence-corrected chi connectivity index (χ2v) is 6.00. The van der Waals surface area contributed by atoms with Gasteiger partial charge in [-0.2, -0.15) is 9.57 Å². The molecular weight excluding hydrogens is 276 g/mol. The Morgan fingerprint density at radius 2 is 2.05 bits per heavy atom. The molecule has 0 unspecified atom stereocenters. The molecule has 0 saturated carbocycles. The molecule has 0 aliphatic rings. The minimum atomic E-state index is -3.65. The summed E-state index contributed by atoms with van der Waals surface area (Å²) in [6.07, 6.45) is 1.61. The summed E-state index contributed by atoms with van der Waals surface area (Å²) in [5.74, 6) is 0.536. The molecule has 0 aliphatic heterocycles. The fraction of sp³-hybridized carbons (Fsp3) is 0.214. The SMILES string of the molecule is N#CCCN(Cc1ccco1)S(=O)(=O)c1cc[c]cc1. The lowest BCUT2D eigenvalue weighted by atomic mass is 10.4. The van der Waals surface area contributed by atoms with E-state index in [1.807, 2.05) is 6.07 Å². The van der Waals surface area contributed by atoms with Gasteiger partial charge in [0.15, 0.2) is 0 Å². The van der Waals surface area contributed by atoms with Crippen LogP contribution >= 0.6 is 0 Å². The van der Waals surface area contributed by atoms with Crippen LogP contribution in [0.4, 0.5) is 0 Å². The number of nitriles is 1. The van der Waals surface area contributed by atoms with Crippen LogP contribution in [0.3, 0.4) is 0 Å². The van der Waals surface area contributed by atoms with E-state index in [-0.39, 0.29) is 24.4 Å². The molecule has 0 atom stereocenters. The topological polar surface area (TPSA) is 74.3 Å². The second kappa shape index (κ2) is 6.37. The van der Waals surface area contributed by atoms with Crippen LogP contribution in [-0.4, -0.2) is 19.3 Å². The van der Waals surface area contributed by atoms with Crippen molar-refractivity contribution >= 4 is 10.0 Å². The highest BCUT2D eigenvalue weighted by Gasteiger charge is 2.24. The largest absolute Gasteiger partial charge is 0.468 e. The molecule has 1 aromatic carbocycles. The van der Waals surface area contributed by atoms with Crippen molar-refractivity contribution in [2.75, 3.05) is 6.54 Å². The fourth-order valence-corrected chi connectivity index (χ4v) is 3.13. The van der Waals surface area contributed by atoms with E-state index in [0.29, 0.717) is 5.76 Å². The predicted octanol–water partition coefficient (Wildman–Crippen LogP) is 2.18. The van der Waals surface area contributed by atoms with Gasteiger partial charge >= 0.3 is 0 Å². The maximum atomic E-state index is 12.5. The van der Waals surface area contributed by atoms with E-state index in [0.717, 1.165) is 0 Å². The van der Waals surface area contributed by atoms with Crippen molar-refractivity contribution in [2.24, 2.45) is 0 Å². The van der Waals surface area contributed by atoms with Gasteiger partial charge in [-0.25, -0.2) is 8.42 Å². The number of benzene rings is 1. The standard InChI is InChI=1S/C14H13N2O3S/c15-9-5-10-16(12-13-6-4-11-19-13)20(17,18)14-7-2-1-3-8-14/h2-4,6-8,11H,5,10,12H2. The first-order chi connectivity index (χ1) is 9.64. The summed E-state index contributed by atoms with van der Waals surface area (Å²) in [6, 6.07) is 14.2. The minimum absolute atomic E-state index is 0.107. The summed E-state index contributed by atoms with van der Waals surface area (Å²) in [5.41, 5.74) is 0. The second-order valence-electron chi connectivity index (χ2n) is 4.06. The quantitative estimate of drug-likeness (QED) is 0.817. The molecular formula is C14H13N2O3S. The van der Waals surface area contributed by atoms with Gasteiger partial charge in [0.1, 0.15) is 5.76 Å². The van der Waals surface area contributed by atoms with Gasteiger partial charge in [0.2, 0.25) is 10.0 Å². The van der Waals surface area contributed by atoms with Gasteiger partial charge in [-0.3, -0.25) is 0 Å².